The highest BCUT2D eigenvalue weighted by atomic mass is 16.5. The van der Waals surface area contributed by atoms with Gasteiger partial charge in [-0.05, 0) is 60.4 Å². The molecule has 1 unspecified atom stereocenters. The molecule has 1 amide bonds. The number of aliphatic hydroxyl groups excluding tert-OH is 1. The van der Waals surface area contributed by atoms with E-state index in [1.807, 2.05) is 50.2 Å². The number of amides is 1. The maximum absolute atomic E-state index is 13.3. The summed E-state index contributed by atoms with van der Waals surface area (Å²) in [6.07, 6.45) is 1.70. The fourth-order valence-corrected chi connectivity index (χ4v) is 4.21. The maximum atomic E-state index is 13.3. The molecule has 0 bridgehead atoms. The highest BCUT2D eigenvalue weighted by Crippen LogP contribution is 2.43. The second-order valence-electron chi connectivity index (χ2n) is 8.34. The van der Waals surface area contributed by atoms with Crippen molar-refractivity contribution in [3.63, 3.8) is 0 Å². The molecule has 3 aromatic rings. The van der Waals surface area contributed by atoms with Crippen LogP contribution in [0.1, 0.15) is 43.0 Å². The van der Waals surface area contributed by atoms with Gasteiger partial charge >= 0.3 is 0 Å². The summed E-state index contributed by atoms with van der Waals surface area (Å²) in [5, 5.41) is 11.3. The van der Waals surface area contributed by atoms with Gasteiger partial charge in [0, 0.05) is 11.3 Å². The lowest BCUT2D eigenvalue weighted by Gasteiger charge is -2.26. The maximum Gasteiger partial charge on any atom is 0.300 e. The van der Waals surface area contributed by atoms with Crippen LogP contribution in [-0.4, -0.2) is 30.5 Å². The van der Waals surface area contributed by atoms with Crippen LogP contribution in [0.15, 0.2) is 78.4 Å². The molecule has 4 rings (SSSR count). The van der Waals surface area contributed by atoms with Crippen LogP contribution >= 0.6 is 0 Å². The van der Waals surface area contributed by atoms with E-state index in [9.17, 15) is 14.7 Å². The molecule has 3 aromatic carbocycles. The number of methoxy groups -OCH3 is 1. The molecule has 0 spiro atoms. The Morgan fingerprint density at radius 3 is 2.29 bits per heavy atom. The number of ether oxygens (including phenoxy) is 2. The summed E-state index contributed by atoms with van der Waals surface area (Å²) >= 11 is 0. The SMILES string of the molecule is CCCOc1cccc(C2/C(=C(/O)c3ccc(CC)cc3)C(=O)C(=O)N2c2ccc(OC)cc2)c1. The van der Waals surface area contributed by atoms with E-state index < -0.39 is 17.7 Å². The van der Waals surface area contributed by atoms with E-state index in [4.69, 9.17) is 9.47 Å². The van der Waals surface area contributed by atoms with Crippen molar-refractivity contribution in [2.75, 3.05) is 18.6 Å². The molecule has 1 aliphatic rings. The third-order valence-electron chi connectivity index (χ3n) is 6.08. The van der Waals surface area contributed by atoms with Gasteiger partial charge in [0.1, 0.15) is 17.3 Å². The number of Topliss-reactive ketones (excluding diaryl/α,β-unsaturated/α-hetero) is 1. The molecule has 180 valence electrons. The molecular weight excluding hydrogens is 442 g/mol. The summed E-state index contributed by atoms with van der Waals surface area (Å²) in [5.74, 6) is -0.369. The van der Waals surface area contributed by atoms with Crippen LogP contribution in [0.4, 0.5) is 5.69 Å². The topological polar surface area (TPSA) is 76.1 Å². The van der Waals surface area contributed by atoms with E-state index in [0.717, 1.165) is 18.4 Å². The van der Waals surface area contributed by atoms with Gasteiger partial charge in [-0.3, -0.25) is 14.5 Å². The zero-order valence-electron chi connectivity index (χ0n) is 20.2. The molecule has 1 N–H and O–H groups in total. The number of benzene rings is 3. The first-order chi connectivity index (χ1) is 17.0. The number of anilines is 1. The van der Waals surface area contributed by atoms with Gasteiger partial charge in [-0.15, -0.1) is 0 Å². The zero-order valence-corrected chi connectivity index (χ0v) is 20.2. The van der Waals surface area contributed by atoms with E-state index in [1.54, 1.807) is 43.5 Å². The van der Waals surface area contributed by atoms with Crippen molar-refractivity contribution >= 4 is 23.1 Å². The Bertz CT molecular complexity index is 1240. The molecule has 6 nitrogen and oxygen atoms in total. The molecule has 0 aliphatic carbocycles. The van der Waals surface area contributed by atoms with Gasteiger partial charge in [-0.25, -0.2) is 0 Å². The van der Waals surface area contributed by atoms with Crippen LogP contribution in [0.25, 0.3) is 5.76 Å². The average molecular weight is 472 g/mol. The van der Waals surface area contributed by atoms with E-state index in [2.05, 4.69) is 0 Å². The van der Waals surface area contributed by atoms with Crippen molar-refractivity contribution < 1.29 is 24.2 Å². The predicted molar refractivity (Wildman–Crippen MR) is 136 cm³/mol. The fourth-order valence-electron chi connectivity index (χ4n) is 4.21. The quantitative estimate of drug-likeness (QED) is 0.260. The lowest BCUT2D eigenvalue weighted by atomic mass is 9.94. The minimum atomic E-state index is -0.820. The Labute approximate surface area is 205 Å². The van der Waals surface area contributed by atoms with Crippen LogP contribution < -0.4 is 14.4 Å². The number of aryl methyl sites for hydroxylation is 1. The summed E-state index contributed by atoms with van der Waals surface area (Å²) in [4.78, 5) is 28.1. The molecule has 1 saturated heterocycles. The predicted octanol–water partition coefficient (Wildman–Crippen LogP) is 5.67. The Hall–Kier alpha value is -4.06. The van der Waals surface area contributed by atoms with Crippen molar-refractivity contribution in [2.24, 2.45) is 0 Å². The van der Waals surface area contributed by atoms with Crippen molar-refractivity contribution in [3.8, 4) is 11.5 Å². The third-order valence-corrected chi connectivity index (χ3v) is 6.08. The molecule has 35 heavy (non-hydrogen) atoms. The number of hydrogen-bond acceptors (Lipinski definition) is 5. The van der Waals surface area contributed by atoms with Crippen LogP contribution in [-0.2, 0) is 16.0 Å². The third kappa shape index (κ3) is 4.78. The van der Waals surface area contributed by atoms with E-state index in [-0.39, 0.29) is 11.3 Å². The van der Waals surface area contributed by atoms with Crippen molar-refractivity contribution in [1.29, 1.82) is 0 Å². The highest BCUT2D eigenvalue weighted by Gasteiger charge is 2.47. The zero-order chi connectivity index (χ0) is 24.9. The summed E-state index contributed by atoms with van der Waals surface area (Å²) in [6, 6.07) is 20.8. The van der Waals surface area contributed by atoms with Gasteiger partial charge in [0.15, 0.2) is 0 Å². The van der Waals surface area contributed by atoms with Gasteiger partial charge in [-0.1, -0.05) is 50.2 Å². The second-order valence-corrected chi connectivity index (χ2v) is 8.34. The monoisotopic (exact) mass is 471 g/mol. The van der Waals surface area contributed by atoms with Gasteiger partial charge < -0.3 is 14.6 Å². The molecule has 1 heterocycles. The van der Waals surface area contributed by atoms with Crippen LogP contribution in [0.5, 0.6) is 11.5 Å². The van der Waals surface area contributed by atoms with Crippen molar-refractivity contribution in [1.82, 2.24) is 0 Å². The van der Waals surface area contributed by atoms with Gasteiger partial charge in [-0.2, -0.15) is 0 Å². The first kappa shape index (κ1) is 24.1. The molecule has 0 saturated carbocycles. The molecule has 1 fully saturated rings. The van der Waals surface area contributed by atoms with Gasteiger partial charge in [0.05, 0.1) is 25.3 Å². The number of hydrogen-bond donors (Lipinski definition) is 1. The molecule has 0 radical (unpaired) electrons. The van der Waals surface area contributed by atoms with Crippen LogP contribution in [0.3, 0.4) is 0 Å². The number of carbonyl (C=O) groups excluding carboxylic acids is 2. The minimum absolute atomic E-state index is 0.0442. The van der Waals surface area contributed by atoms with Crippen molar-refractivity contribution in [3.05, 3.63) is 95.1 Å². The second kappa shape index (κ2) is 10.5. The van der Waals surface area contributed by atoms with Crippen LogP contribution in [0, 0.1) is 0 Å². The van der Waals surface area contributed by atoms with Gasteiger partial charge in [0.25, 0.3) is 11.7 Å². The summed E-state index contributed by atoms with van der Waals surface area (Å²) in [5.41, 5.74) is 2.83. The first-order valence-corrected chi connectivity index (χ1v) is 11.8. The normalized spacial score (nSPS) is 17.0. The summed E-state index contributed by atoms with van der Waals surface area (Å²) < 4.78 is 11.0. The minimum Gasteiger partial charge on any atom is -0.507 e. The molecular formula is C29H29NO5. The van der Waals surface area contributed by atoms with Gasteiger partial charge in [0.2, 0.25) is 0 Å². The smallest absolute Gasteiger partial charge is 0.300 e. The fraction of sp³-hybridized carbons (Fsp3) is 0.241. The first-order valence-electron chi connectivity index (χ1n) is 11.8. The highest BCUT2D eigenvalue weighted by molar-refractivity contribution is 6.51. The van der Waals surface area contributed by atoms with E-state index >= 15 is 0 Å². The standard InChI is InChI=1S/C29H29NO5/c1-4-17-35-24-8-6-7-21(18-24)26-25(27(31)20-11-9-19(5-2)10-12-20)28(32)29(33)30(26)22-13-15-23(34-3)16-14-22/h6-16,18,26,31H,4-5,17H2,1-3H3/b27-25-. The van der Waals surface area contributed by atoms with E-state index in [0.29, 0.717) is 34.9 Å². The van der Waals surface area contributed by atoms with Crippen molar-refractivity contribution in [2.45, 2.75) is 32.7 Å². The Kier molecular flexibility index (Phi) is 7.20. The summed E-state index contributed by atoms with van der Waals surface area (Å²) in [7, 11) is 1.56. The number of aliphatic hydroxyl groups is 1. The average Bonchev–Trinajstić information content (AvgIpc) is 3.17. The molecule has 0 aromatic heterocycles. The number of rotatable bonds is 8. The number of ketones is 1. The molecule has 1 aliphatic heterocycles. The lowest BCUT2D eigenvalue weighted by molar-refractivity contribution is -0.132. The Morgan fingerprint density at radius 1 is 0.943 bits per heavy atom. The Balaban J connectivity index is 1.88. The molecule has 6 heteroatoms. The number of carbonyl (C=O) groups is 2. The van der Waals surface area contributed by atoms with Crippen LogP contribution in [0.2, 0.25) is 0 Å². The Morgan fingerprint density at radius 2 is 1.66 bits per heavy atom. The van der Waals surface area contributed by atoms with E-state index in [1.165, 1.54) is 4.90 Å². The summed E-state index contributed by atoms with van der Waals surface area (Å²) in [6.45, 7) is 4.61. The number of nitrogens with zero attached hydrogens (tertiary/aromatic N) is 1. The largest absolute Gasteiger partial charge is 0.507 e. The molecule has 1 atom stereocenters. The lowest BCUT2D eigenvalue weighted by Crippen LogP contribution is -2.29.